The van der Waals surface area contributed by atoms with Crippen molar-refractivity contribution < 1.29 is 13.9 Å². The van der Waals surface area contributed by atoms with E-state index in [4.69, 9.17) is 4.74 Å². The smallest absolute Gasteiger partial charge is 0.410 e. The maximum Gasteiger partial charge on any atom is 0.410 e. The number of benzene rings is 1. The number of halogens is 1. The Hall–Kier alpha value is -3.43. The average Bonchev–Trinajstić information content (AvgIpc) is 3.03. The maximum atomic E-state index is 13.1. The van der Waals surface area contributed by atoms with E-state index in [1.54, 1.807) is 27.8 Å². The van der Waals surface area contributed by atoms with Crippen molar-refractivity contribution >= 4 is 28.9 Å². The summed E-state index contributed by atoms with van der Waals surface area (Å²) in [6, 6.07) is 5.74. The number of anilines is 2. The Labute approximate surface area is 178 Å². The first-order chi connectivity index (χ1) is 14.7. The first-order valence-corrected chi connectivity index (χ1v) is 10.2. The lowest BCUT2D eigenvalue weighted by Crippen LogP contribution is -2.43. The Morgan fingerprint density at radius 2 is 1.90 bits per heavy atom. The van der Waals surface area contributed by atoms with Gasteiger partial charge in [-0.3, -0.25) is 4.57 Å². The third-order valence-electron chi connectivity index (χ3n) is 5.04. The zero-order valence-corrected chi connectivity index (χ0v) is 17.7. The molecule has 31 heavy (non-hydrogen) atoms. The minimum absolute atomic E-state index is 0.103. The second-order valence-corrected chi connectivity index (χ2v) is 8.56. The number of piperidine rings is 1. The van der Waals surface area contributed by atoms with E-state index in [1.807, 2.05) is 20.8 Å². The van der Waals surface area contributed by atoms with Crippen molar-refractivity contribution in [2.45, 2.75) is 45.3 Å². The topological polar surface area (TPSA) is 105 Å². The van der Waals surface area contributed by atoms with Gasteiger partial charge in [0.1, 0.15) is 16.9 Å². The SMILES string of the molecule is CC(C)(C)OC(=O)N1CCC(n2c(=O)[nH]c3cnc(Nc4ccc(F)cc4)nc32)CC1. The summed E-state index contributed by atoms with van der Waals surface area (Å²) in [5.74, 6) is -0.0304. The van der Waals surface area contributed by atoms with Crippen LogP contribution in [0.4, 0.5) is 20.8 Å². The lowest BCUT2D eigenvalue weighted by Gasteiger charge is -2.33. The van der Waals surface area contributed by atoms with Crippen LogP contribution < -0.4 is 11.0 Å². The van der Waals surface area contributed by atoms with Crippen molar-refractivity contribution in [1.29, 1.82) is 0 Å². The molecule has 1 aromatic carbocycles. The number of ether oxygens (including phenoxy) is 1. The number of imidazole rings is 1. The predicted octanol–water partition coefficient (Wildman–Crippen LogP) is 3.57. The van der Waals surface area contributed by atoms with Gasteiger partial charge in [-0.2, -0.15) is 4.98 Å². The van der Waals surface area contributed by atoms with Gasteiger partial charge in [0.05, 0.1) is 6.20 Å². The largest absolute Gasteiger partial charge is 0.444 e. The molecule has 0 unspecified atom stereocenters. The number of likely N-dealkylation sites (tertiary alicyclic amines) is 1. The van der Waals surface area contributed by atoms with Gasteiger partial charge >= 0.3 is 11.8 Å². The lowest BCUT2D eigenvalue weighted by molar-refractivity contribution is 0.0189. The third-order valence-corrected chi connectivity index (χ3v) is 5.04. The molecule has 1 fully saturated rings. The van der Waals surface area contributed by atoms with E-state index < -0.39 is 5.60 Å². The molecule has 0 bridgehead atoms. The van der Waals surface area contributed by atoms with Gasteiger partial charge in [0.25, 0.3) is 0 Å². The Morgan fingerprint density at radius 1 is 1.23 bits per heavy atom. The van der Waals surface area contributed by atoms with Crippen LogP contribution in [-0.4, -0.2) is 49.2 Å². The van der Waals surface area contributed by atoms with Gasteiger partial charge in [0.2, 0.25) is 5.95 Å². The molecule has 3 heterocycles. The Bertz CT molecular complexity index is 1140. The number of rotatable bonds is 3. The highest BCUT2D eigenvalue weighted by Crippen LogP contribution is 2.26. The molecule has 0 atom stereocenters. The number of carbonyl (C=O) groups excluding carboxylic acids is 1. The van der Waals surface area contributed by atoms with E-state index in [2.05, 4.69) is 20.3 Å². The van der Waals surface area contributed by atoms with Crippen molar-refractivity contribution in [2.24, 2.45) is 0 Å². The fraction of sp³-hybridized carbons (Fsp3) is 0.429. The first-order valence-electron chi connectivity index (χ1n) is 10.2. The number of aromatic nitrogens is 4. The van der Waals surface area contributed by atoms with Crippen LogP contribution in [0.25, 0.3) is 11.2 Å². The number of H-pyrrole nitrogens is 1. The second-order valence-electron chi connectivity index (χ2n) is 8.56. The molecule has 4 rings (SSSR count). The highest BCUT2D eigenvalue weighted by atomic mass is 19.1. The number of fused-ring (bicyclic) bond motifs is 1. The minimum atomic E-state index is -0.549. The van der Waals surface area contributed by atoms with Crippen molar-refractivity contribution in [3.8, 4) is 0 Å². The van der Waals surface area contributed by atoms with Crippen molar-refractivity contribution in [2.75, 3.05) is 18.4 Å². The molecule has 1 saturated heterocycles. The number of carbonyl (C=O) groups is 1. The summed E-state index contributed by atoms with van der Waals surface area (Å²) in [4.78, 5) is 38.1. The van der Waals surface area contributed by atoms with Gasteiger partial charge in [0, 0.05) is 24.8 Å². The molecule has 1 amide bonds. The van der Waals surface area contributed by atoms with Gasteiger partial charge in [-0.15, -0.1) is 0 Å². The van der Waals surface area contributed by atoms with Crippen molar-refractivity contribution in [3.63, 3.8) is 0 Å². The molecule has 0 spiro atoms. The standard InChI is InChI=1S/C21H25FN6O3/c1-21(2,3)31-20(30)27-10-8-15(9-11-27)28-17-16(25-19(28)29)12-23-18(26-17)24-14-6-4-13(22)5-7-14/h4-7,12,15H,8-11H2,1-3H3,(H,25,29)(H,23,24,26). The van der Waals surface area contributed by atoms with Gasteiger partial charge in [0.15, 0.2) is 5.65 Å². The van der Waals surface area contributed by atoms with E-state index in [9.17, 15) is 14.0 Å². The Balaban J connectivity index is 1.52. The van der Waals surface area contributed by atoms with Crippen LogP contribution in [0, 0.1) is 5.82 Å². The number of hydrogen-bond donors (Lipinski definition) is 2. The molecule has 0 radical (unpaired) electrons. The third kappa shape index (κ3) is 4.68. The summed E-state index contributed by atoms with van der Waals surface area (Å²) in [5.41, 5.74) is 0.839. The van der Waals surface area contributed by atoms with Crippen LogP contribution in [0.3, 0.4) is 0 Å². The molecule has 0 aliphatic carbocycles. The van der Waals surface area contributed by atoms with Crippen LogP contribution in [0.15, 0.2) is 35.3 Å². The van der Waals surface area contributed by atoms with Crippen molar-refractivity contribution in [1.82, 2.24) is 24.4 Å². The van der Waals surface area contributed by atoms with E-state index in [-0.39, 0.29) is 23.6 Å². The molecule has 9 nitrogen and oxygen atoms in total. The van der Waals surface area contributed by atoms with Crippen LogP contribution in [-0.2, 0) is 4.74 Å². The second kappa shape index (κ2) is 8.01. The van der Waals surface area contributed by atoms with Crippen LogP contribution in [0.5, 0.6) is 0 Å². The molecular weight excluding hydrogens is 403 g/mol. The molecular formula is C21H25FN6O3. The Morgan fingerprint density at radius 3 is 2.55 bits per heavy atom. The molecule has 3 aromatic rings. The molecule has 0 saturated carbocycles. The summed E-state index contributed by atoms with van der Waals surface area (Å²) in [6.07, 6.45) is 2.42. The normalized spacial score (nSPS) is 15.3. The predicted molar refractivity (Wildman–Crippen MR) is 114 cm³/mol. The molecule has 1 aliphatic heterocycles. The molecule has 10 heteroatoms. The fourth-order valence-corrected chi connectivity index (χ4v) is 3.61. The van der Waals surface area contributed by atoms with Crippen molar-refractivity contribution in [3.05, 3.63) is 46.8 Å². The highest BCUT2D eigenvalue weighted by Gasteiger charge is 2.29. The number of hydrogen-bond acceptors (Lipinski definition) is 6. The highest BCUT2D eigenvalue weighted by molar-refractivity contribution is 5.72. The summed E-state index contributed by atoms with van der Waals surface area (Å²) in [6.45, 7) is 6.48. The number of amides is 1. The number of nitrogens with zero attached hydrogens (tertiary/aromatic N) is 4. The first kappa shape index (κ1) is 20.8. The van der Waals surface area contributed by atoms with E-state index in [0.717, 1.165) is 0 Å². The van der Waals surface area contributed by atoms with Gasteiger partial charge in [-0.1, -0.05) is 0 Å². The quantitative estimate of drug-likeness (QED) is 0.661. The summed E-state index contributed by atoms with van der Waals surface area (Å²) < 4.78 is 20.2. The molecule has 2 aromatic heterocycles. The lowest BCUT2D eigenvalue weighted by atomic mass is 10.1. The maximum absolute atomic E-state index is 13.1. The summed E-state index contributed by atoms with van der Waals surface area (Å²) in [5, 5.41) is 3.02. The minimum Gasteiger partial charge on any atom is -0.444 e. The molecule has 1 aliphatic rings. The zero-order valence-electron chi connectivity index (χ0n) is 17.7. The van der Waals surface area contributed by atoms with Crippen LogP contribution >= 0.6 is 0 Å². The average molecular weight is 428 g/mol. The van der Waals surface area contributed by atoms with Gasteiger partial charge < -0.3 is 19.9 Å². The molecule has 164 valence electrons. The zero-order chi connectivity index (χ0) is 22.2. The van der Waals surface area contributed by atoms with Gasteiger partial charge in [-0.05, 0) is 57.9 Å². The van der Waals surface area contributed by atoms with Crippen LogP contribution in [0.2, 0.25) is 0 Å². The van der Waals surface area contributed by atoms with E-state index in [1.165, 1.54) is 12.1 Å². The number of nitrogens with one attached hydrogen (secondary N) is 2. The fourth-order valence-electron chi connectivity index (χ4n) is 3.61. The number of aromatic amines is 1. The monoisotopic (exact) mass is 428 g/mol. The summed E-state index contributed by atoms with van der Waals surface area (Å²) >= 11 is 0. The molecule has 2 N–H and O–H groups in total. The Kier molecular flexibility index (Phi) is 5.38. The van der Waals surface area contributed by atoms with E-state index >= 15 is 0 Å². The summed E-state index contributed by atoms with van der Waals surface area (Å²) in [7, 11) is 0. The van der Waals surface area contributed by atoms with Crippen LogP contribution in [0.1, 0.15) is 39.7 Å². The van der Waals surface area contributed by atoms with Gasteiger partial charge in [-0.25, -0.2) is 19.0 Å². The van der Waals surface area contributed by atoms with E-state index in [0.29, 0.717) is 48.7 Å².